The Hall–Kier alpha value is -1.22. The third kappa shape index (κ3) is 2.55. The highest BCUT2D eigenvalue weighted by Crippen LogP contribution is 2.42. The van der Waals surface area contributed by atoms with Gasteiger partial charge < -0.3 is 15.2 Å². The molecule has 94 valence electrons. The van der Waals surface area contributed by atoms with Gasteiger partial charge in [-0.05, 0) is 49.3 Å². The molecule has 0 radical (unpaired) electrons. The number of nitrogens with two attached hydrogens (primary N) is 1. The van der Waals surface area contributed by atoms with E-state index in [1.165, 1.54) is 24.8 Å². The van der Waals surface area contributed by atoms with Gasteiger partial charge in [-0.2, -0.15) is 0 Å². The molecule has 17 heavy (non-hydrogen) atoms. The van der Waals surface area contributed by atoms with Crippen molar-refractivity contribution < 1.29 is 9.47 Å². The van der Waals surface area contributed by atoms with E-state index in [9.17, 15) is 0 Å². The number of hydrogen-bond acceptors (Lipinski definition) is 3. The molecule has 0 amide bonds. The molecule has 2 N–H and O–H groups in total. The molecular formula is C14H21NO2. The lowest BCUT2D eigenvalue weighted by atomic mass is 9.95. The third-order valence-electron chi connectivity index (χ3n) is 3.76. The van der Waals surface area contributed by atoms with E-state index in [2.05, 4.69) is 6.07 Å². The number of benzene rings is 1. The van der Waals surface area contributed by atoms with Gasteiger partial charge in [0.1, 0.15) is 11.5 Å². The lowest BCUT2D eigenvalue weighted by molar-refractivity contribution is 0.388. The van der Waals surface area contributed by atoms with Gasteiger partial charge in [-0.25, -0.2) is 0 Å². The van der Waals surface area contributed by atoms with E-state index in [0.29, 0.717) is 11.8 Å². The third-order valence-corrected chi connectivity index (χ3v) is 3.76. The Kier molecular flexibility index (Phi) is 3.89. The Morgan fingerprint density at radius 3 is 2.65 bits per heavy atom. The highest BCUT2D eigenvalue weighted by Gasteiger charge is 2.27. The molecule has 0 heterocycles. The highest BCUT2D eigenvalue weighted by atomic mass is 16.5. The maximum atomic E-state index is 5.74. The molecule has 0 spiro atoms. The minimum atomic E-state index is 0.587. The van der Waals surface area contributed by atoms with Crippen LogP contribution in [-0.2, 0) is 0 Å². The quantitative estimate of drug-likeness (QED) is 0.872. The zero-order valence-corrected chi connectivity index (χ0v) is 10.6. The number of hydrogen-bond donors (Lipinski definition) is 1. The first-order valence-corrected chi connectivity index (χ1v) is 6.20. The molecule has 0 saturated heterocycles. The van der Waals surface area contributed by atoms with Gasteiger partial charge in [0.25, 0.3) is 0 Å². The lowest BCUT2D eigenvalue weighted by Crippen LogP contribution is -2.10. The summed E-state index contributed by atoms with van der Waals surface area (Å²) in [5.74, 6) is 3.04. The van der Waals surface area contributed by atoms with Crippen LogP contribution in [0, 0.1) is 5.92 Å². The van der Waals surface area contributed by atoms with E-state index in [1.807, 2.05) is 12.1 Å². The Labute approximate surface area is 103 Å². The van der Waals surface area contributed by atoms with Crippen molar-refractivity contribution in [2.24, 2.45) is 11.7 Å². The molecule has 2 atom stereocenters. The zero-order chi connectivity index (χ0) is 12.3. The second-order valence-corrected chi connectivity index (χ2v) is 4.72. The smallest absolute Gasteiger partial charge is 0.126 e. The molecule has 1 aliphatic carbocycles. The van der Waals surface area contributed by atoms with Crippen LogP contribution in [0.5, 0.6) is 11.5 Å². The Balaban J connectivity index is 2.20. The van der Waals surface area contributed by atoms with Crippen LogP contribution in [-0.4, -0.2) is 20.8 Å². The molecule has 0 aromatic heterocycles. The van der Waals surface area contributed by atoms with E-state index in [0.717, 1.165) is 18.0 Å². The topological polar surface area (TPSA) is 44.5 Å². The molecule has 1 aliphatic rings. The molecule has 0 bridgehead atoms. The minimum Gasteiger partial charge on any atom is -0.497 e. The van der Waals surface area contributed by atoms with Crippen molar-refractivity contribution in [1.82, 2.24) is 0 Å². The average Bonchev–Trinajstić information content (AvgIpc) is 2.86. The number of methoxy groups -OCH3 is 2. The summed E-state index contributed by atoms with van der Waals surface area (Å²) >= 11 is 0. The summed E-state index contributed by atoms with van der Waals surface area (Å²) in [5.41, 5.74) is 7.03. The van der Waals surface area contributed by atoms with Crippen LogP contribution < -0.4 is 15.2 Å². The molecule has 2 rings (SSSR count). The normalized spacial score (nSPS) is 23.7. The molecule has 3 nitrogen and oxygen atoms in total. The van der Waals surface area contributed by atoms with Gasteiger partial charge in [-0.1, -0.05) is 6.07 Å². The van der Waals surface area contributed by atoms with Gasteiger partial charge in [-0.3, -0.25) is 0 Å². The van der Waals surface area contributed by atoms with E-state index >= 15 is 0 Å². The molecule has 1 saturated carbocycles. The standard InChI is InChI=1S/C14H21NO2/c1-16-12-5-6-13(14(8-12)17-2)11-4-3-10(7-11)9-15/h5-6,8,10-11H,3-4,7,9,15H2,1-2H3. The molecule has 3 heteroatoms. The first-order chi connectivity index (χ1) is 8.28. The Bertz CT molecular complexity index is 378. The first kappa shape index (κ1) is 12.2. The van der Waals surface area contributed by atoms with Crippen LogP contribution in [0.15, 0.2) is 18.2 Å². The summed E-state index contributed by atoms with van der Waals surface area (Å²) in [4.78, 5) is 0. The van der Waals surface area contributed by atoms with Crippen molar-refractivity contribution in [3.63, 3.8) is 0 Å². The second kappa shape index (κ2) is 5.41. The first-order valence-electron chi connectivity index (χ1n) is 6.20. The van der Waals surface area contributed by atoms with Crippen LogP contribution in [0.3, 0.4) is 0 Å². The van der Waals surface area contributed by atoms with Crippen LogP contribution in [0.4, 0.5) is 0 Å². The maximum absolute atomic E-state index is 5.74. The Morgan fingerprint density at radius 2 is 2.06 bits per heavy atom. The molecule has 1 aromatic rings. The lowest BCUT2D eigenvalue weighted by Gasteiger charge is -2.16. The van der Waals surface area contributed by atoms with Gasteiger partial charge >= 0.3 is 0 Å². The van der Waals surface area contributed by atoms with Gasteiger partial charge in [0.15, 0.2) is 0 Å². The fraction of sp³-hybridized carbons (Fsp3) is 0.571. The Morgan fingerprint density at radius 1 is 1.24 bits per heavy atom. The number of ether oxygens (including phenoxy) is 2. The summed E-state index contributed by atoms with van der Waals surface area (Å²) in [6.45, 7) is 0.801. The van der Waals surface area contributed by atoms with Crippen molar-refractivity contribution in [3.8, 4) is 11.5 Å². The van der Waals surface area contributed by atoms with Gasteiger partial charge in [-0.15, -0.1) is 0 Å². The van der Waals surface area contributed by atoms with Crippen molar-refractivity contribution in [2.75, 3.05) is 20.8 Å². The molecule has 1 aromatic carbocycles. The minimum absolute atomic E-state index is 0.587. The monoisotopic (exact) mass is 235 g/mol. The maximum Gasteiger partial charge on any atom is 0.126 e. The van der Waals surface area contributed by atoms with Gasteiger partial charge in [0.05, 0.1) is 14.2 Å². The summed E-state index contributed by atoms with van der Waals surface area (Å²) < 4.78 is 10.7. The molecule has 2 unspecified atom stereocenters. The van der Waals surface area contributed by atoms with Crippen molar-refractivity contribution in [3.05, 3.63) is 23.8 Å². The van der Waals surface area contributed by atoms with Crippen LogP contribution in [0.25, 0.3) is 0 Å². The summed E-state index contributed by atoms with van der Waals surface area (Å²) in [6, 6.07) is 6.10. The second-order valence-electron chi connectivity index (χ2n) is 4.72. The van der Waals surface area contributed by atoms with Crippen LogP contribution in [0.2, 0.25) is 0 Å². The predicted molar refractivity (Wildman–Crippen MR) is 68.7 cm³/mol. The summed E-state index contributed by atoms with van der Waals surface area (Å²) in [6.07, 6.45) is 3.63. The fourth-order valence-corrected chi connectivity index (χ4v) is 2.73. The predicted octanol–water partition coefficient (Wildman–Crippen LogP) is 2.55. The SMILES string of the molecule is COc1ccc(C2CCC(CN)C2)c(OC)c1. The molecule has 1 fully saturated rings. The van der Waals surface area contributed by atoms with Gasteiger partial charge in [0.2, 0.25) is 0 Å². The van der Waals surface area contributed by atoms with E-state index in [-0.39, 0.29) is 0 Å². The van der Waals surface area contributed by atoms with E-state index in [1.54, 1.807) is 14.2 Å². The average molecular weight is 235 g/mol. The van der Waals surface area contributed by atoms with Crippen molar-refractivity contribution >= 4 is 0 Å². The van der Waals surface area contributed by atoms with Crippen LogP contribution in [0.1, 0.15) is 30.7 Å². The number of rotatable bonds is 4. The van der Waals surface area contributed by atoms with Gasteiger partial charge in [0, 0.05) is 6.07 Å². The summed E-state index contributed by atoms with van der Waals surface area (Å²) in [7, 11) is 3.39. The fourth-order valence-electron chi connectivity index (χ4n) is 2.73. The zero-order valence-electron chi connectivity index (χ0n) is 10.6. The van der Waals surface area contributed by atoms with Crippen LogP contribution >= 0.6 is 0 Å². The molecular weight excluding hydrogens is 214 g/mol. The molecule has 0 aliphatic heterocycles. The van der Waals surface area contributed by atoms with E-state index < -0.39 is 0 Å². The van der Waals surface area contributed by atoms with E-state index in [4.69, 9.17) is 15.2 Å². The van der Waals surface area contributed by atoms with Crippen molar-refractivity contribution in [2.45, 2.75) is 25.2 Å². The van der Waals surface area contributed by atoms with Crippen molar-refractivity contribution in [1.29, 1.82) is 0 Å². The summed E-state index contributed by atoms with van der Waals surface area (Å²) in [5, 5.41) is 0. The largest absolute Gasteiger partial charge is 0.497 e. The highest BCUT2D eigenvalue weighted by molar-refractivity contribution is 5.43.